The molecule has 1 rings (SSSR count). The lowest BCUT2D eigenvalue weighted by molar-refractivity contribution is -0.0913. The van der Waals surface area contributed by atoms with Crippen molar-refractivity contribution in [3.05, 3.63) is 6.42 Å². The van der Waals surface area contributed by atoms with Gasteiger partial charge in [-0.2, -0.15) is 0 Å². The van der Waals surface area contributed by atoms with Crippen molar-refractivity contribution in [2.75, 3.05) is 6.61 Å². The summed E-state index contributed by atoms with van der Waals surface area (Å²) in [6, 6.07) is 0. The molecule has 1 heterocycles. The van der Waals surface area contributed by atoms with Crippen LogP contribution in [0.5, 0.6) is 0 Å². The monoisotopic (exact) mass is 95.0 g/mol. The van der Waals surface area contributed by atoms with E-state index < -0.39 is 0 Å². The van der Waals surface area contributed by atoms with Gasteiger partial charge < -0.3 is 4.74 Å². The highest BCUT2D eigenvalue weighted by molar-refractivity contribution is 5.05. The molecule has 1 radical (unpaired) electrons. The number of ether oxygens (including phenoxy) is 1. The third kappa shape index (κ3) is 0.618. The lowest BCUT2D eigenvalue weighted by atomic mass is 9.99. The first-order chi connectivity index (χ1) is 3.27. The van der Waals surface area contributed by atoms with Gasteiger partial charge in [-0.25, -0.2) is 0 Å². The van der Waals surface area contributed by atoms with Gasteiger partial charge in [0.25, 0.3) is 0 Å². The molecule has 0 bridgehead atoms. The zero-order valence-corrected chi connectivity index (χ0v) is 4.32. The van der Waals surface area contributed by atoms with Gasteiger partial charge in [0.15, 0.2) is 0 Å². The van der Waals surface area contributed by atoms with E-state index >= 15 is 0 Å². The van der Waals surface area contributed by atoms with Crippen LogP contribution in [-0.4, -0.2) is 12.2 Å². The highest BCUT2D eigenvalue weighted by Gasteiger charge is 2.30. The van der Waals surface area contributed by atoms with Crippen LogP contribution in [-0.2, 0) is 4.74 Å². The molecule has 7 heavy (non-hydrogen) atoms. The molecule has 0 N–H and O–H groups in total. The van der Waals surface area contributed by atoms with Crippen molar-refractivity contribution in [2.24, 2.45) is 0 Å². The average molecular weight is 95.1 g/mol. The molecule has 0 aromatic heterocycles. The Morgan fingerprint density at radius 1 is 1.86 bits per heavy atom. The topological polar surface area (TPSA) is 9.23 Å². The largest absolute Gasteiger partial charge is 0.362 e. The molecule has 0 amide bonds. The normalized spacial score (nSPS) is 38.9. The molecule has 0 aromatic carbocycles. The van der Waals surface area contributed by atoms with Gasteiger partial charge in [0.05, 0.1) is 6.61 Å². The highest BCUT2D eigenvalue weighted by atomic mass is 16.5. The molecule has 0 spiro atoms. The van der Waals surface area contributed by atoms with Gasteiger partial charge in [0, 0.05) is 6.42 Å². The van der Waals surface area contributed by atoms with Gasteiger partial charge in [0.1, 0.15) is 5.60 Å². The van der Waals surface area contributed by atoms with Gasteiger partial charge in [0.2, 0.25) is 0 Å². The minimum Gasteiger partial charge on any atom is -0.362 e. The second kappa shape index (κ2) is 1.24. The van der Waals surface area contributed by atoms with Crippen molar-refractivity contribution >= 4 is 0 Å². The summed E-state index contributed by atoms with van der Waals surface area (Å²) < 4.78 is 4.97. The van der Waals surface area contributed by atoms with Crippen LogP contribution in [0.2, 0.25) is 0 Å². The summed E-state index contributed by atoms with van der Waals surface area (Å²) in [5.74, 6) is 2.31. The Morgan fingerprint density at radius 3 is 2.43 bits per heavy atom. The van der Waals surface area contributed by atoms with E-state index in [1.54, 1.807) is 0 Å². The smallest absolute Gasteiger partial charge is 0.129 e. The van der Waals surface area contributed by atoms with Crippen LogP contribution in [0.1, 0.15) is 13.3 Å². The van der Waals surface area contributed by atoms with Crippen LogP contribution in [0.3, 0.4) is 0 Å². The van der Waals surface area contributed by atoms with Crippen LogP contribution in [0.15, 0.2) is 0 Å². The Kier molecular flexibility index (Phi) is 0.831. The van der Waals surface area contributed by atoms with E-state index in [1.807, 2.05) is 6.92 Å². The Balaban J connectivity index is 2.48. The number of rotatable bonds is 0. The first-order valence-corrected chi connectivity index (χ1v) is 2.35. The SMILES string of the molecule is [C]#CC1(C)CCO1. The maximum Gasteiger partial charge on any atom is 0.129 e. The standard InChI is InChI=1S/C6H7O/c1-3-6(2)4-5-7-6/h4-5H2,2H3. The van der Waals surface area contributed by atoms with E-state index in [0.29, 0.717) is 0 Å². The molecule has 1 nitrogen and oxygen atoms in total. The molecule has 0 aromatic rings. The molecule has 0 aliphatic carbocycles. The third-order valence-corrected chi connectivity index (χ3v) is 1.26. The highest BCUT2D eigenvalue weighted by Crippen LogP contribution is 2.23. The summed E-state index contributed by atoms with van der Waals surface area (Å²) in [6.45, 7) is 2.66. The van der Waals surface area contributed by atoms with Crippen LogP contribution >= 0.6 is 0 Å². The van der Waals surface area contributed by atoms with Gasteiger partial charge in [-0.3, -0.25) is 0 Å². The molecule has 1 heteroatoms. The van der Waals surface area contributed by atoms with Crippen molar-refractivity contribution in [1.82, 2.24) is 0 Å². The molecule has 37 valence electrons. The second-order valence-corrected chi connectivity index (χ2v) is 1.95. The minimum absolute atomic E-state index is 0.319. The van der Waals surface area contributed by atoms with Crippen LogP contribution in [0.25, 0.3) is 0 Å². The molecule has 1 aliphatic rings. The molecule has 1 unspecified atom stereocenters. The summed E-state index contributed by atoms with van der Waals surface area (Å²) in [5.41, 5.74) is -0.319. The Hall–Kier alpha value is -0.480. The quantitative estimate of drug-likeness (QED) is 0.403. The van der Waals surface area contributed by atoms with E-state index in [1.165, 1.54) is 0 Å². The molecule has 1 atom stereocenters. The average Bonchev–Trinajstić information content (AvgIpc) is 1.61. The first kappa shape index (κ1) is 4.67. The number of hydrogen-bond donors (Lipinski definition) is 0. The summed E-state index contributed by atoms with van der Waals surface area (Å²) in [4.78, 5) is 0. The zero-order chi connectivity index (χ0) is 5.33. The maximum atomic E-state index is 6.68. The van der Waals surface area contributed by atoms with E-state index in [2.05, 4.69) is 5.92 Å². The fraction of sp³-hybridized carbons (Fsp3) is 0.667. The van der Waals surface area contributed by atoms with Crippen molar-refractivity contribution in [3.8, 4) is 5.92 Å². The fourth-order valence-electron chi connectivity index (χ4n) is 0.507. The lowest BCUT2D eigenvalue weighted by Crippen LogP contribution is -2.38. The van der Waals surface area contributed by atoms with E-state index in [0.717, 1.165) is 13.0 Å². The predicted octanol–water partition coefficient (Wildman–Crippen LogP) is 0.755. The summed E-state index contributed by atoms with van der Waals surface area (Å²) in [7, 11) is 0. The third-order valence-electron chi connectivity index (χ3n) is 1.26. The lowest BCUT2D eigenvalue weighted by Gasteiger charge is -2.32. The molecule has 0 saturated carbocycles. The van der Waals surface area contributed by atoms with Crippen LogP contribution in [0, 0.1) is 12.3 Å². The van der Waals surface area contributed by atoms with Gasteiger partial charge >= 0.3 is 0 Å². The zero-order valence-electron chi connectivity index (χ0n) is 4.32. The summed E-state index contributed by atoms with van der Waals surface area (Å²) in [6.07, 6.45) is 7.64. The Labute approximate surface area is 43.7 Å². The van der Waals surface area contributed by atoms with Gasteiger partial charge in [-0.1, -0.05) is 5.92 Å². The van der Waals surface area contributed by atoms with Gasteiger partial charge in [-0.15, -0.1) is 0 Å². The van der Waals surface area contributed by atoms with Crippen LogP contribution < -0.4 is 0 Å². The molecule has 1 aliphatic heterocycles. The van der Waals surface area contributed by atoms with E-state index in [4.69, 9.17) is 11.2 Å². The van der Waals surface area contributed by atoms with Crippen molar-refractivity contribution in [3.63, 3.8) is 0 Å². The Morgan fingerprint density at radius 2 is 2.43 bits per heavy atom. The van der Waals surface area contributed by atoms with Crippen LogP contribution in [0.4, 0.5) is 0 Å². The van der Waals surface area contributed by atoms with Crippen molar-refractivity contribution in [2.45, 2.75) is 18.9 Å². The fourth-order valence-corrected chi connectivity index (χ4v) is 0.507. The predicted molar refractivity (Wildman–Crippen MR) is 26.1 cm³/mol. The number of hydrogen-bond acceptors (Lipinski definition) is 1. The molecule has 1 fully saturated rings. The Bertz CT molecular complexity index is 106. The van der Waals surface area contributed by atoms with E-state index in [9.17, 15) is 0 Å². The molecular formula is C6H7O. The molecular weight excluding hydrogens is 88.1 g/mol. The maximum absolute atomic E-state index is 6.68. The first-order valence-electron chi connectivity index (χ1n) is 2.35. The van der Waals surface area contributed by atoms with Crippen molar-refractivity contribution in [1.29, 1.82) is 0 Å². The van der Waals surface area contributed by atoms with E-state index in [-0.39, 0.29) is 5.60 Å². The summed E-state index contributed by atoms with van der Waals surface area (Å²) in [5, 5.41) is 0. The molecule has 1 saturated heterocycles. The van der Waals surface area contributed by atoms with Crippen molar-refractivity contribution < 1.29 is 4.74 Å². The van der Waals surface area contributed by atoms with Gasteiger partial charge in [-0.05, 0) is 13.3 Å². The minimum atomic E-state index is -0.319. The summed E-state index contributed by atoms with van der Waals surface area (Å²) >= 11 is 0. The second-order valence-electron chi connectivity index (χ2n) is 1.95.